The van der Waals surface area contributed by atoms with Crippen molar-refractivity contribution in [2.24, 2.45) is 0 Å². The average molecular weight is 274 g/mol. The van der Waals surface area contributed by atoms with Gasteiger partial charge in [0.25, 0.3) is 0 Å². The molecule has 1 heterocycles. The van der Waals surface area contributed by atoms with Gasteiger partial charge in [0.1, 0.15) is 0 Å². The molecule has 0 bridgehead atoms. The molecule has 1 N–H and O–H groups in total. The van der Waals surface area contributed by atoms with E-state index in [0.717, 1.165) is 30.1 Å². The van der Waals surface area contributed by atoms with Crippen LogP contribution in [0.25, 0.3) is 0 Å². The molecule has 1 aliphatic rings. The van der Waals surface area contributed by atoms with Gasteiger partial charge >= 0.3 is 0 Å². The van der Waals surface area contributed by atoms with E-state index < -0.39 is 0 Å². The second-order valence-corrected chi connectivity index (χ2v) is 5.36. The minimum absolute atomic E-state index is 0.259. The third kappa shape index (κ3) is 3.35. The molecule has 2 rings (SSSR count). The Morgan fingerprint density at radius 1 is 1.35 bits per heavy atom. The van der Waals surface area contributed by atoms with Crippen molar-refractivity contribution < 1.29 is 5.11 Å². The molecule has 1 aromatic carbocycles. The standard InChI is InChI=1S/C13H17Cl2NO/c14-11-4-3-10(13(15)8-11)9-16-6-1-2-12(16)5-7-17/h3-4,8,12,17H,1-2,5-7,9H2. The molecule has 1 aliphatic heterocycles. The molecule has 1 atom stereocenters. The van der Waals surface area contributed by atoms with Gasteiger partial charge in [0.05, 0.1) is 0 Å². The molecule has 1 aromatic rings. The maximum Gasteiger partial charge on any atom is 0.0465 e. The van der Waals surface area contributed by atoms with Gasteiger partial charge < -0.3 is 5.11 Å². The largest absolute Gasteiger partial charge is 0.396 e. The van der Waals surface area contributed by atoms with Gasteiger partial charge in [-0.05, 0) is 43.5 Å². The Balaban J connectivity index is 2.04. The molecule has 1 fully saturated rings. The van der Waals surface area contributed by atoms with E-state index in [9.17, 15) is 0 Å². The molecule has 0 aromatic heterocycles. The SMILES string of the molecule is OCCC1CCCN1Cc1ccc(Cl)cc1Cl. The monoisotopic (exact) mass is 273 g/mol. The topological polar surface area (TPSA) is 23.5 Å². The third-order valence-corrected chi connectivity index (χ3v) is 3.94. The minimum Gasteiger partial charge on any atom is -0.396 e. The minimum atomic E-state index is 0.259. The third-order valence-electron chi connectivity index (χ3n) is 3.35. The highest BCUT2D eigenvalue weighted by atomic mass is 35.5. The van der Waals surface area contributed by atoms with Crippen molar-refractivity contribution in [3.8, 4) is 0 Å². The zero-order chi connectivity index (χ0) is 12.3. The lowest BCUT2D eigenvalue weighted by Gasteiger charge is -2.24. The van der Waals surface area contributed by atoms with Gasteiger partial charge in [-0.3, -0.25) is 4.90 Å². The quantitative estimate of drug-likeness (QED) is 0.910. The summed E-state index contributed by atoms with van der Waals surface area (Å²) in [6, 6.07) is 6.14. The Morgan fingerprint density at radius 2 is 2.18 bits per heavy atom. The Labute approximate surface area is 112 Å². The second-order valence-electron chi connectivity index (χ2n) is 4.51. The smallest absolute Gasteiger partial charge is 0.0465 e. The number of nitrogens with zero attached hydrogens (tertiary/aromatic N) is 1. The first-order valence-corrected chi connectivity index (χ1v) is 6.75. The Bertz CT molecular complexity index is 384. The van der Waals surface area contributed by atoms with Crippen molar-refractivity contribution >= 4 is 23.2 Å². The predicted molar refractivity (Wildman–Crippen MR) is 71.6 cm³/mol. The molecule has 4 heteroatoms. The van der Waals surface area contributed by atoms with Crippen molar-refractivity contribution in [2.75, 3.05) is 13.2 Å². The van der Waals surface area contributed by atoms with Crippen molar-refractivity contribution in [1.29, 1.82) is 0 Å². The number of hydrogen-bond donors (Lipinski definition) is 1. The van der Waals surface area contributed by atoms with Crippen LogP contribution in [0.2, 0.25) is 10.0 Å². The van der Waals surface area contributed by atoms with Gasteiger partial charge in [-0.1, -0.05) is 29.3 Å². The number of halogens is 2. The highest BCUT2D eigenvalue weighted by Gasteiger charge is 2.24. The summed E-state index contributed by atoms with van der Waals surface area (Å²) in [6.45, 7) is 2.19. The zero-order valence-corrected chi connectivity index (χ0v) is 11.2. The molecule has 1 unspecified atom stereocenters. The summed E-state index contributed by atoms with van der Waals surface area (Å²) in [4.78, 5) is 2.39. The van der Waals surface area contributed by atoms with Crippen LogP contribution in [-0.4, -0.2) is 29.2 Å². The summed E-state index contributed by atoms with van der Waals surface area (Å²) in [5, 5.41) is 10.4. The van der Waals surface area contributed by atoms with Gasteiger partial charge in [0, 0.05) is 29.2 Å². The summed E-state index contributed by atoms with van der Waals surface area (Å²) in [7, 11) is 0. The lowest BCUT2D eigenvalue weighted by molar-refractivity contribution is 0.190. The van der Waals surface area contributed by atoms with Gasteiger partial charge in [0.15, 0.2) is 0 Å². The fourth-order valence-electron chi connectivity index (χ4n) is 2.45. The van der Waals surface area contributed by atoms with Gasteiger partial charge in [-0.25, -0.2) is 0 Å². The van der Waals surface area contributed by atoms with Crippen molar-refractivity contribution in [3.63, 3.8) is 0 Å². The Hall–Kier alpha value is -0.280. The van der Waals surface area contributed by atoms with E-state index in [0.29, 0.717) is 11.1 Å². The normalized spacial score (nSPS) is 21.0. The van der Waals surface area contributed by atoms with Crippen LogP contribution in [-0.2, 0) is 6.54 Å². The van der Waals surface area contributed by atoms with Gasteiger partial charge in [0.2, 0.25) is 0 Å². The maximum absolute atomic E-state index is 9.03. The van der Waals surface area contributed by atoms with E-state index in [2.05, 4.69) is 4.90 Å². The summed E-state index contributed by atoms with van der Waals surface area (Å²) in [5.41, 5.74) is 1.11. The summed E-state index contributed by atoms with van der Waals surface area (Å²) in [6.07, 6.45) is 3.23. The van der Waals surface area contributed by atoms with Crippen LogP contribution in [0, 0.1) is 0 Å². The molecule has 94 valence electrons. The van der Waals surface area contributed by atoms with Crippen LogP contribution in [0.15, 0.2) is 18.2 Å². The van der Waals surface area contributed by atoms with Crippen LogP contribution in [0.4, 0.5) is 0 Å². The van der Waals surface area contributed by atoms with Crippen LogP contribution in [0.5, 0.6) is 0 Å². The predicted octanol–water partition coefficient (Wildman–Crippen LogP) is 3.34. The molecule has 17 heavy (non-hydrogen) atoms. The maximum atomic E-state index is 9.03. The van der Waals surface area contributed by atoms with Crippen molar-refractivity contribution in [1.82, 2.24) is 4.90 Å². The number of benzene rings is 1. The van der Waals surface area contributed by atoms with E-state index in [1.807, 2.05) is 12.1 Å². The number of hydrogen-bond acceptors (Lipinski definition) is 2. The lowest BCUT2D eigenvalue weighted by Crippen LogP contribution is -2.29. The molecular formula is C13H17Cl2NO. The molecule has 0 aliphatic carbocycles. The molecule has 0 amide bonds. The average Bonchev–Trinajstić information content (AvgIpc) is 2.71. The first-order chi connectivity index (χ1) is 8.20. The number of likely N-dealkylation sites (tertiary alicyclic amines) is 1. The fraction of sp³-hybridized carbons (Fsp3) is 0.538. The van der Waals surface area contributed by atoms with E-state index in [1.54, 1.807) is 6.07 Å². The first-order valence-electron chi connectivity index (χ1n) is 5.99. The Morgan fingerprint density at radius 3 is 2.88 bits per heavy atom. The molecule has 0 spiro atoms. The van der Waals surface area contributed by atoms with Crippen LogP contribution >= 0.6 is 23.2 Å². The molecule has 0 saturated carbocycles. The number of rotatable bonds is 4. The van der Waals surface area contributed by atoms with E-state index in [-0.39, 0.29) is 6.61 Å². The number of aliphatic hydroxyl groups is 1. The molecule has 0 radical (unpaired) electrons. The lowest BCUT2D eigenvalue weighted by atomic mass is 10.1. The van der Waals surface area contributed by atoms with Crippen molar-refractivity contribution in [3.05, 3.63) is 33.8 Å². The van der Waals surface area contributed by atoms with E-state index in [1.165, 1.54) is 12.8 Å². The van der Waals surface area contributed by atoms with Gasteiger partial charge in [-0.15, -0.1) is 0 Å². The highest BCUT2D eigenvalue weighted by Crippen LogP contribution is 2.26. The number of aliphatic hydroxyl groups excluding tert-OH is 1. The van der Waals surface area contributed by atoms with Crippen LogP contribution in [0.3, 0.4) is 0 Å². The highest BCUT2D eigenvalue weighted by molar-refractivity contribution is 6.35. The first kappa shape index (κ1) is 13.2. The van der Waals surface area contributed by atoms with Crippen LogP contribution < -0.4 is 0 Å². The van der Waals surface area contributed by atoms with E-state index >= 15 is 0 Å². The summed E-state index contributed by atoms with van der Waals surface area (Å²) in [5.74, 6) is 0. The van der Waals surface area contributed by atoms with Crippen LogP contribution in [0.1, 0.15) is 24.8 Å². The van der Waals surface area contributed by atoms with Crippen molar-refractivity contribution in [2.45, 2.75) is 31.8 Å². The molecule has 2 nitrogen and oxygen atoms in total. The van der Waals surface area contributed by atoms with Gasteiger partial charge in [-0.2, -0.15) is 0 Å². The summed E-state index contributed by atoms with van der Waals surface area (Å²) >= 11 is 12.1. The summed E-state index contributed by atoms with van der Waals surface area (Å²) < 4.78 is 0. The fourth-order valence-corrected chi connectivity index (χ4v) is 2.92. The molecule has 1 saturated heterocycles. The van der Waals surface area contributed by atoms with E-state index in [4.69, 9.17) is 28.3 Å². The Kier molecular flexibility index (Phi) is 4.69. The second kappa shape index (κ2) is 6.05. The molecular weight excluding hydrogens is 257 g/mol. The zero-order valence-electron chi connectivity index (χ0n) is 9.70.